The summed E-state index contributed by atoms with van der Waals surface area (Å²) in [5.74, 6) is 0.798. The Morgan fingerprint density at radius 2 is 2.25 bits per heavy atom. The van der Waals surface area contributed by atoms with Gasteiger partial charge in [-0.25, -0.2) is 4.98 Å². The van der Waals surface area contributed by atoms with Gasteiger partial charge < -0.3 is 9.84 Å². The highest BCUT2D eigenvalue weighted by Crippen LogP contribution is 2.27. The summed E-state index contributed by atoms with van der Waals surface area (Å²) in [5, 5.41) is 12.0. The predicted octanol–water partition coefficient (Wildman–Crippen LogP) is 2.54. The number of aromatic nitrogens is 1. The molecule has 84 valence electrons. The molecule has 1 atom stereocenters. The lowest BCUT2D eigenvalue weighted by molar-refractivity contribution is 0.215. The number of ether oxygens (including phenoxy) is 1. The zero-order chi connectivity index (χ0) is 11.5. The molecule has 0 aliphatic rings. The van der Waals surface area contributed by atoms with E-state index in [4.69, 9.17) is 4.74 Å². The molecule has 0 radical (unpaired) electrons. The van der Waals surface area contributed by atoms with E-state index in [1.165, 1.54) is 11.3 Å². The first-order valence-electron chi connectivity index (χ1n) is 4.93. The van der Waals surface area contributed by atoms with E-state index in [-0.39, 0.29) is 0 Å². The number of aliphatic hydroxyl groups is 1. The molecule has 0 fully saturated rings. The topological polar surface area (TPSA) is 42.4 Å². The quantitative estimate of drug-likeness (QED) is 0.889. The second-order valence-electron chi connectivity index (χ2n) is 3.54. The molecule has 1 aromatic heterocycles. The van der Waals surface area contributed by atoms with Gasteiger partial charge in [0.1, 0.15) is 11.9 Å². The highest BCUT2D eigenvalue weighted by molar-refractivity contribution is 7.07. The van der Waals surface area contributed by atoms with Crippen molar-refractivity contribution in [2.75, 3.05) is 7.11 Å². The second kappa shape index (κ2) is 4.63. The summed E-state index contributed by atoms with van der Waals surface area (Å²) in [5.41, 5.74) is 4.28. The van der Waals surface area contributed by atoms with Crippen molar-refractivity contribution in [1.29, 1.82) is 0 Å². The third-order valence-corrected chi connectivity index (χ3v) is 3.11. The third kappa shape index (κ3) is 2.08. The molecule has 0 aliphatic heterocycles. The Labute approximate surface area is 98.4 Å². The molecule has 0 saturated heterocycles. The fourth-order valence-electron chi connectivity index (χ4n) is 1.60. The van der Waals surface area contributed by atoms with Crippen molar-refractivity contribution in [2.24, 2.45) is 0 Å². The predicted molar refractivity (Wildman–Crippen MR) is 63.9 cm³/mol. The summed E-state index contributed by atoms with van der Waals surface area (Å²) >= 11 is 1.48. The lowest BCUT2D eigenvalue weighted by Gasteiger charge is -2.12. The van der Waals surface area contributed by atoms with Gasteiger partial charge in [-0.1, -0.05) is 6.07 Å². The van der Waals surface area contributed by atoms with Crippen LogP contribution in [-0.2, 0) is 0 Å². The fraction of sp³-hybridized carbons (Fsp3) is 0.250. The molecule has 0 bridgehead atoms. The van der Waals surface area contributed by atoms with Gasteiger partial charge in [0.2, 0.25) is 0 Å². The summed E-state index contributed by atoms with van der Waals surface area (Å²) in [6, 6.07) is 5.63. The number of methoxy groups -OCH3 is 1. The van der Waals surface area contributed by atoms with E-state index < -0.39 is 6.10 Å². The van der Waals surface area contributed by atoms with Crippen molar-refractivity contribution >= 4 is 11.3 Å². The van der Waals surface area contributed by atoms with E-state index in [1.54, 1.807) is 12.6 Å². The standard InChI is InChI=1S/C12H13NO2S/c1-8-5-9(15-2)3-4-10(8)12(14)11-6-16-7-13-11/h3-7,12,14H,1-2H3. The van der Waals surface area contributed by atoms with Gasteiger partial charge >= 0.3 is 0 Å². The van der Waals surface area contributed by atoms with Crippen LogP contribution in [-0.4, -0.2) is 17.2 Å². The van der Waals surface area contributed by atoms with E-state index in [0.29, 0.717) is 5.69 Å². The first-order chi connectivity index (χ1) is 7.72. The third-order valence-electron chi connectivity index (χ3n) is 2.50. The normalized spacial score (nSPS) is 12.4. The molecular weight excluding hydrogens is 222 g/mol. The number of hydrogen-bond donors (Lipinski definition) is 1. The Bertz CT molecular complexity index is 468. The molecule has 4 heteroatoms. The number of aliphatic hydroxyl groups excluding tert-OH is 1. The highest BCUT2D eigenvalue weighted by Gasteiger charge is 2.14. The van der Waals surface area contributed by atoms with Crippen LogP contribution in [0.5, 0.6) is 5.75 Å². The Morgan fingerprint density at radius 1 is 1.44 bits per heavy atom. The highest BCUT2D eigenvalue weighted by atomic mass is 32.1. The Hall–Kier alpha value is -1.39. The molecule has 1 unspecified atom stereocenters. The van der Waals surface area contributed by atoms with E-state index in [0.717, 1.165) is 16.9 Å². The van der Waals surface area contributed by atoms with Crippen LogP contribution in [0.4, 0.5) is 0 Å². The summed E-state index contributed by atoms with van der Waals surface area (Å²) in [6.45, 7) is 1.95. The second-order valence-corrected chi connectivity index (χ2v) is 4.26. The minimum Gasteiger partial charge on any atom is -0.497 e. The minimum absolute atomic E-state index is 0.655. The molecule has 2 rings (SSSR count). The lowest BCUT2D eigenvalue weighted by Crippen LogP contribution is -2.02. The average Bonchev–Trinajstić information content (AvgIpc) is 2.81. The van der Waals surface area contributed by atoms with Crippen molar-refractivity contribution in [3.63, 3.8) is 0 Å². The van der Waals surface area contributed by atoms with Crippen molar-refractivity contribution in [3.8, 4) is 5.75 Å². The number of hydrogen-bond acceptors (Lipinski definition) is 4. The molecule has 1 N–H and O–H groups in total. The number of rotatable bonds is 3. The maximum absolute atomic E-state index is 10.1. The largest absolute Gasteiger partial charge is 0.497 e. The van der Waals surface area contributed by atoms with Gasteiger partial charge in [-0.3, -0.25) is 0 Å². The molecule has 16 heavy (non-hydrogen) atoms. The Kier molecular flexibility index (Phi) is 3.22. The zero-order valence-electron chi connectivity index (χ0n) is 9.18. The Balaban J connectivity index is 2.34. The number of aryl methyl sites for hydroxylation is 1. The average molecular weight is 235 g/mol. The molecule has 1 aromatic carbocycles. The summed E-state index contributed by atoms with van der Waals surface area (Å²) in [6.07, 6.45) is -0.655. The fourth-order valence-corrected chi connectivity index (χ4v) is 2.17. The smallest absolute Gasteiger partial charge is 0.122 e. The van der Waals surface area contributed by atoms with Gasteiger partial charge in [0.25, 0.3) is 0 Å². The van der Waals surface area contributed by atoms with Crippen LogP contribution >= 0.6 is 11.3 Å². The molecule has 0 spiro atoms. The van der Waals surface area contributed by atoms with Crippen molar-refractivity contribution < 1.29 is 9.84 Å². The van der Waals surface area contributed by atoms with E-state index in [1.807, 2.05) is 30.5 Å². The van der Waals surface area contributed by atoms with Crippen LogP contribution in [0.3, 0.4) is 0 Å². The van der Waals surface area contributed by atoms with Crippen LogP contribution < -0.4 is 4.74 Å². The molecule has 2 aromatic rings. The van der Waals surface area contributed by atoms with Gasteiger partial charge in [-0.05, 0) is 30.2 Å². The lowest BCUT2D eigenvalue weighted by atomic mass is 10.0. The minimum atomic E-state index is -0.655. The van der Waals surface area contributed by atoms with Crippen LogP contribution in [0.25, 0.3) is 0 Å². The van der Waals surface area contributed by atoms with Crippen LogP contribution in [0.2, 0.25) is 0 Å². The number of nitrogens with zero attached hydrogens (tertiary/aromatic N) is 1. The van der Waals surface area contributed by atoms with Gasteiger partial charge in [0, 0.05) is 5.38 Å². The van der Waals surface area contributed by atoms with E-state index in [9.17, 15) is 5.11 Å². The first kappa shape index (κ1) is 11.1. The van der Waals surface area contributed by atoms with E-state index >= 15 is 0 Å². The van der Waals surface area contributed by atoms with Crippen LogP contribution in [0.15, 0.2) is 29.1 Å². The van der Waals surface area contributed by atoms with Crippen LogP contribution in [0, 0.1) is 6.92 Å². The monoisotopic (exact) mass is 235 g/mol. The van der Waals surface area contributed by atoms with Crippen molar-refractivity contribution in [3.05, 3.63) is 45.9 Å². The SMILES string of the molecule is COc1ccc(C(O)c2cscn2)c(C)c1. The van der Waals surface area contributed by atoms with Gasteiger partial charge in [-0.2, -0.15) is 0 Å². The number of benzene rings is 1. The molecule has 0 saturated carbocycles. The molecular formula is C12H13NO2S. The molecule has 0 amide bonds. The van der Waals surface area contributed by atoms with Crippen molar-refractivity contribution in [2.45, 2.75) is 13.0 Å². The summed E-state index contributed by atoms with van der Waals surface area (Å²) in [4.78, 5) is 4.11. The van der Waals surface area contributed by atoms with Gasteiger partial charge in [0.15, 0.2) is 0 Å². The molecule has 1 heterocycles. The van der Waals surface area contributed by atoms with Crippen LogP contribution in [0.1, 0.15) is 22.9 Å². The maximum atomic E-state index is 10.1. The molecule has 0 aliphatic carbocycles. The maximum Gasteiger partial charge on any atom is 0.122 e. The Morgan fingerprint density at radius 3 is 2.81 bits per heavy atom. The summed E-state index contributed by atoms with van der Waals surface area (Å²) in [7, 11) is 1.63. The zero-order valence-corrected chi connectivity index (χ0v) is 9.99. The van der Waals surface area contributed by atoms with Crippen molar-refractivity contribution in [1.82, 2.24) is 4.98 Å². The summed E-state index contributed by atoms with van der Waals surface area (Å²) < 4.78 is 5.13. The van der Waals surface area contributed by atoms with Gasteiger partial charge in [-0.15, -0.1) is 11.3 Å². The number of thiazole rings is 1. The van der Waals surface area contributed by atoms with Gasteiger partial charge in [0.05, 0.1) is 18.3 Å². The first-order valence-corrected chi connectivity index (χ1v) is 5.87. The molecule has 3 nitrogen and oxygen atoms in total. The van der Waals surface area contributed by atoms with E-state index in [2.05, 4.69) is 4.98 Å².